The molecule has 2 aromatic heterocycles. The fourth-order valence-corrected chi connectivity index (χ4v) is 1.99. The van der Waals surface area contributed by atoms with Gasteiger partial charge in [-0.15, -0.1) is 11.3 Å². The maximum atomic E-state index is 11.7. The molecule has 0 unspecified atom stereocenters. The molecule has 0 saturated heterocycles. The van der Waals surface area contributed by atoms with Crippen LogP contribution in [0.25, 0.3) is 0 Å². The number of amides is 1. The van der Waals surface area contributed by atoms with Gasteiger partial charge in [0, 0.05) is 5.38 Å². The first kappa shape index (κ1) is 12.2. The van der Waals surface area contributed by atoms with Crippen LogP contribution >= 0.6 is 11.3 Å². The number of thiazole rings is 1. The van der Waals surface area contributed by atoms with Crippen molar-refractivity contribution in [3.05, 3.63) is 27.8 Å². The van der Waals surface area contributed by atoms with Crippen molar-refractivity contribution in [3.63, 3.8) is 0 Å². The van der Waals surface area contributed by atoms with Gasteiger partial charge in [-0.05, 0) is 6.92 Å². The minimum atomic E-state index is -1.15. The molecule has 0 fully saturated rings. The van der Waals surface area contributed by atoms with Crippen LogP contribution in [0.5, 0.6) is 0 Å². The summed E-state index contributed by atoms with van der Waals surface area (Å²) in [7, 11) is 0. The number of hydrogen-bond acceptors (Lipinski definition) is 5. The van der Waals surface area contributed by atoms with Crippen molar-refractivity contribution in [1.29, 1.82) is 0 Å². The van der Waals surface area contributed by atoms with Crippen molar-refractivity contribution in [2.24, 2.45) is 0 Å². The first-order valence-corrected chi connectivity index (χ1v) is 5.91. The zero-order chi connectivity index (χ0) is 13.1. The molecule has 0 spiro atoms. The van der Waals surface area contributed by atoms with Gasteiger partial charge in [0.2, 0.25) is 5.91 Å². The number of rotatable bonds is 4. The van der Waals surface area contributed by atoms with E-state index in [1.165, 1.54) is 11.3 Å². The van der Waals surface area contributed by atoms with Crippen LogP contribution in [0.15, 0.2) is 11.6 Å². The number of carboxylic acid groups (broad SMARTS) is 1. The topological polar surface area (TPSA) is 108 Å². The van der Waals surface area contributed by atoms with Crippen molar-refractivity contribution in [3.8, 4) is 0 Å². The largest absolute Gasteiger partial charge is 0.477 e. The van der Waals surface area contributed by atoms with Crippen LogP contribution in [0.2, 0.25) is 0 Å². The molecule has 94 valence electrons. The van der Waals surface area contributed by atoms with Crippen LogP contribution in [0.4, 0.5) is 5.82 Å². The van der Waals surface area contributed by atoms with Crippen molar-refractivity contribution >= 4 is 29.0 Å². The third-order valence-corrected chi connectivity index (χ3v) is 2.96. The van der Waals surface area contributed by atoms with Crippen molar-refractivity contribution in [2.75, 3.05) is 5.32 Å². The first-order valence-electron chi connectivity index (χ1n) is 5.04. The molecule has 7 nitrogen and oxygen atoms in total. The fourth-order valence-electron chi connectivity index (χ4n) is 1.38. The summed E-state index contributed by atoms with van der Waals surface area (Å²) in [6.45, 7) is 1.85. The highest BCUT2D eigenvalue weighted by Gasteiger charge is 2.15. The number of aromatic amines is 1. The lowest BCUT2D eigenvalue weighted by atomic mass is 10.3. The van der Waals surface area contributed by atoms with Gasteiger partial charge in [0.1, 0.15) is 11.4 Å². The number of H-pyrrole nitrogens is 1. The molecule has 2 rings (SSSR count). The highest BCUT2D eigenvalue weighted by molar-refractivity contribution is 7.09. The molecule has 0 atom stereocenters. The van der Waals surface area contributed by atoms with Gasteiger partial charge in [0.25, 0.3) is 0 Å². The van der Waals surface area contributed by atoms with Gasteiger partial charge in [-0.1, -0.05) is 0 Å². The van der Waals surface area contributed by atoms with E-state index in [-0.39, 0.29) is 23.7 Å². The molecule has 8 heteroatoms. The summed E-state index contributed by atoms with van der Waals surface area (Å²) in [4.78, 5) is 26.6. The summed E-state index contributed by atoms with van der Waals surface area (Å²) in [5.41, 5.74) is 0.587. The lowest BCUT2D eigenvalue weighted by molar-refractivity contribution is -0.115. The van der Waals surface area contributed by atoms with Crippen molar-refractivity contribution in [2.45, 2.75) is 13.3 Å². The van der Waals surface area contributed by atoms with Crippen molar-refractivity contribution < 1.29 is 14.7 Å². The molecule has 3 N–H and O–H groups in total. The van der Waals surface area contributed by atoms with Gasteiger partial charge in [-0.3, -0.25) is 9.89 Å². The van der Waals surface area contributed by atoms with E-state index < -0.39 is 5.97 Å². The lowest BCUT2D eigenvalue weighted by Crippen LogP contribution is -2.16. The molecule has 0 aromatic carbocycles. The summed E-state index contributed by atoms with van der Waals surface area (Å²) < 4.78 is 0. The zero-order valence-corrected chi connectivity index (χ0v) is 10.2. The number of anilines is 1. The summed E-state index contributed by atoms with van der Waals surface area (Å²) in [5.74, 6) is -1.41. The van der Waals surface area contributed by atoms with Gasteiger partial charge in [0.15, 0.2) is 0 Å². The number of aryl methyl sites for hydroxylation is 1. The predicted octanol–water partition coefficient (Wildman–Crippen LogP) is 1.05. The molecule has 0 aliphatic rings. The van der Waals surface area contributed by atoms with E-state index in [0.717, 1.165) is 11.2 Å². The second kappa shape index (κ2) is 4.96. The molecule has 0 aliphatic carbocycles. The molecule has 0 aliphatic heterocycles. The Hall–Kier alpha value is -2.22. The highest BCUT2D eigenvalue weighted by Crippen LogP contribution is 2.12. The number of carboxylic acids is 1. The van der Waals surface area contributed by atoms with Gasteiger partial charge in [-0.25, -0.2) is 9.78 Å². The average molecular weight is 266 g/mol. The highest BCUT2D eigenvalue weighted by atomic mass is 32.1. The Labute approximate surface area is 106 Å². The Morgan fingerprint density at radius 3 is 2.94 bits per heavy atom. The Balaban J connectivity index is 2.03. The molecule has 2 heterocycles. The number of nitrogens with one attached hydrogen (secondary N) is 2. The summed E-state index contributed by atoms with van der Waals surface area (Å²) in [6, 6.07) is 0. The Bertz CT molecular complexity index is 589. The Morgan fingerprint density at radius 2 is 2.33 bits per heavy atom. The van der Waals surface area contributed by atoms with E-state index in [4.69, 9.17) is 5.11 Å². The Kier molecular flexibility index (Phi) is 3.38. The maximum Gasteiger partial charge on any atom is 0.341 e. The number of aromatic nitrogens is 3. The van der Waals surface area contributed by atoms with Crippen molar-refractivity contribution in [1.82, 2.24) is 15.2 Å². The van der Waals surface area contributed by atoms with Crippen LogP contribution in [-0.2, 0) is 11.2 Å². The zero-order valence-electron chi connectivity index (χ0n) is 9.43. The molecule has 1 amide bonds. The molecular weight excluding hydrogens is 256 g/mol. The van der Waals surface area contributed by atoms with E-state index in [9.17, 15) is 9.59 Å². The molecule has 0 bridgehead atoms. The van der Waals surface area contributed by atoms with Gasteiger partial charge in [-0.2, -0.15) is 5.10 Å². The first-order chi connectivity index (χ1) is 8.56. The second-order valence-electron chi connectivity index (χ2n) is 3.55. The molecule has 0 saturated carbocycles. The number of hydrogen-bond donors (Lipinski definition) is 3. The monoisotopic (exact) mass is 266 g/mol. The van der Waals surface area contributed by atoms with Crippen LogP contribution in [-0.4, -0.2) is 32.2 Å². The van der Waals surface area contributed by atoms with E-state index in [0.29, 0.717) is 5.69 Å². The number of carbonyl (C=O) groups excluding carboxylic acids is 1. The third-order valence-electron chi connectivity index (χ3n) is 2.14. The maximum absolute atomic E-state index is 11.7. The SMILES string of the molecule is Cc1nc(CC(=O)Nc2[nH]ncc2C(=O)O)cs1. The standard InChI is InChI=1S/C10H10N4O3S/c1-5-12-6(4-18-5)2-8(15)13-9-7(10(16)17)3-11-14-9/h3-4H,2H2,1H3,(H,16,17)(H2,11,13,14,15). The third kappa shape index (κ3) is 2.72. The molecule has 0 radical (unpaired) electrons. The smallest absolute Gasteiger partial charge is 0.341 e. The van der Waals surface area contributed by atoms with Gasteiger partial charge < -0.3 is 10.4 Å². The van der Waals surface area contributed by atoms with E-state index in [1.54, 1.807) is 5.38 Å². The van der Waals surface area contributed by atoms with E-state index in [2.05, 4.69) is 20.5 Å². The van der Waals surface area contributed by atoms with E-state index in [1.807, 2.05) is 6.92 Å². The summed E-state index contributed by atoms with van der Waals surface area (Å²) >= 11 is 1.46. The van der Waals surface area contributed by atoms with Crippen LogP contribution in [0.1, 0.15) is 21.1 Å². The number of nitrogens with zero attached hydrogens (tertiary/aromatic N) is 2. The quantitative estimate of drug-likeness (QED) is 0.766. The van der Waals surface area contributed by atoms with Crippen LogP contribution in [0.3, 0.4) is 0 Å². The fraction of sp³-hybridized carbons (Fsp3) is 0.200. The second-order valence-corrected chi connectivity index (χ2v) is 4.61. The normalized spacial score (nSPS) is 10.3. The number of aromatic carboxylic acids is 1. The summed E-state index contributed by atoms with van der Waals surface area (Å²) in [5, 5.41) is 20.0. The van der Waals surface area contributed by atoms with Crippen LogP contribution < -0.4 is 5.32 Å². The lowest BCUT2D eigenvalue weighted by Gasteiger charge is -2.01. The minimum Gasteiger partial charge on any atom is -0.477 e. The van der Waals surface area contributed by atoms with Gasteiger partial charge >= 0.3 is 5.97 Å². The molecular formula is C10H10N4O3S. The van der Waals surface area contributed by atoms with E-state index >= 15 is 0 Å². The Morgan fingerprint density at radius 1 is 1.56 bits per heavy atom. The minimum absolute atomic E-state index is 0.0715. The van der Waals surface area contributed by atoms with Gasteiger partial charge in [0.05, 0.1) is 23.3 Å². The molecule has 18 heavy (non-hydrogen) atoms. The summed E-state index contributed by atoms with van der Waals surface area (Å²) in [6.07, 6.45) is 1.24. The predicted molar refractivity (Wildman–Crippen MR) is 64.7 cm³/mol. The number of carbonyl (C=O) groups is 2. The molecule has 2 aromatic rings. The van der Waals surface area contributed by atoms with Crippen LogP contribution in [0, 0.1) is 6.92 Å². The average Bonchev–Trinajstić information content (AvgIpc) is 2.87.